The van der Waals surface area contributed by atoms with Crippen LogP contribution in [0.5, 0.6) is 6.01 Å². The van der Waals surface area contributed by atoms with Gasteiger partial charge in [0.25, 0.3) is 0 Å². The standard InChI is InChI=1S/C23H33N5O2/c1-5-6-10-30-22-26-20(24)19-12-18(29)15-28(21(19)27-22)14-17-9-7-8-16(11-17)13-25-23(2,3)4/h7-9,11,25H,5-6,10,12-15H2,1-4H3,(H2,24,26,27). The van der Waals surface area contributed by atoms with Crippen molar-refractivity contribution in [3.63, 3.8) is 0 Å². The zero-order chi connectivity index (χ0) is 21.7. The van der Waals surface area contributed by atoms with E-state index < -0.39 is 0 Å². The van der Waals surface area contributed by atoms with Gasteiger partial charge in [-0.3, -0.25) is 4.79 Å². The Balaban J connectivity index is 1.81. The number of Topliss-reactive ketones (excluding diaryl/α,β-unsaturated/α-hetero) is 1. The summed E-state index contributed by atoms with van der Waals surface area (Å²) in [6, 6.07) is 8.68. The van der Waals surface area contributed by atoms with E-state index in [1.54, 1.807) is 0 Å². The van der Waals surface area contributed by atoms with Gasteiger partial charge in [-0.05, 0) is 38.3 Å². The van der Waals surface area contributed by atoms with Gasteiger partial charge in [0.1, 0.15) is 11.6 Å². The molecule has 2 heterocycles. The van der Waals surface area contributed by atoms with E-state index in [1.165, 1.54) is 5.56 Å². The Morgan fingerprint density at radius 1 is 1.23 bits per heavy atom. The van der Waals surface area contributed by atoms with E-state index >= 15 is 0 Å². The van der Waals surface area contributed by atoms with Gasteiger partial charge in [-0.2, -0.15) is 9.97 Å². The number of anilines is 2. The van der Waals surface area contributed by atoms with Gasteiger partial charge in [0.05, 0.1) is 13.2 Å². The predicted octanol–water partition coefficient (Wildman–Crippen LogP) is 3.26. The van der Waals surface area contributed by atoms with Crippen molar-refractivity contribution in [2.75, 3.05) is 23.8 Å². The van der Waals surface area contributed by atoms with Crippen LogP contribution in [0.4, 0.5) is 11.6 Å². The molecular formula is C23H33N5O2. The number of unbranched alkanes of at least 4 members (excludes halogenated alkanes) is 1. The van der Waals surface area contributed by atoms with E-state index in [0.717, 1.165) is 24.9 Å². The second-order valence-electron chi connectivity index (χ2n) is 8.89. The molecular weight excluding hydrogens is 378 g/mol. The molecule has 3 N–H and O–H groups in total. The van der Waals surface area contributed by atoms with Crippen LogP contribution in [0.2, 0.25) is 0 Å². The number of ketones is 1. The van der Waals surface area contributed by atoms with Crippen LogP contribution < -0.4 is 20.7 Å². The molecule has 0 aliphatic carbocycles. The van der Waals surface area contributed by atoms with E-state index in [0.29, 0.717) is 36.9 Å². The van der Waals surface area contributed by atoms with Crippen LogP contribution in [-0.2, 0) is 24.3 Å². The Hall–Kier alpha value is -2.67. The first-order valence-corrected chi connectivity index (χ1v) is 10.6. The highest BCUT2D eigenvalue weighted by Crippen LogP contribution is 2.30. The van der Waals surface area contributed by atoms with Gasteiger partial charge >= 0.3 is 6.01 Å². The number of hydrogen-bond donors (Lipinski definition) is 2. The van der Waals surface area contributed by atoms with Crippen molar-refractivity contribution >= 4 is 17.4 Å². The SMILES string of the molecule is CCCCOc1nc(N)c2c(n1)N(Cc1cccc(CNC(C)(C)C)c1)CC(=O)C2. The molecule has 0 saturated carbocycles. The Labute approximate surface area is 179 Å². The van der Waals surface area contributed by atoms with Crippen molar-refractivity contribution in [2.24, 2.45) is 0 Å². The summed E-state index contributed by atoms with van der Waals surface area (Å²) in [6.07, 6.45) is 2.22. The third-order valence-electron chi connectivity index (χ3n) is 4.95. The molecule has 0 amide bonds. The van der Waals surface area contributed by atoms with Gasteiger partial charge in [-0.1, -0.05) is 37.6 Å². The summed E-state index contributed by atoms with van der Waals surface area (Å²) in [5, 5.41) is 3.51. The summed E-state index contributed by atoms with van der Waals surface area (Å²) >= 11 is 0. The number of fused-ring (bicyclic) bond motifs is 1. The summed E-state index contributed by atoms with van der Waals surface area (Å²) in [6.45, 7) is 10.8. The van der Waals surface area contributed by atoms with Crippen LogP contribution in [0.3, 0.4) is 0 Å². The number of carbonyl (C=O) groups excluding carboxylic acids is 1. The van der Waals surface area contributed by atoms with Gasteiger partial charge in [0.15, 0.2) is 5.78 Å². The number of rotatable bonds is 8. The van der Waals surface area contributed by atoms with Crippen LogP contribution in [-0.4, -0.2) is 34.4 Å². The molecule has 0 atom stereocenters. The quantitative estimate of drug-likeness (QED) is 0.644. The van der Waals surface area contributed by atoms with E-state index in [-0.39, 0.29) is 23.8 Å². The first kappa shape index (κ1) is 22.0. The third kappa shape index (κ3) is 5.92. The molecule has 0 bridgehead atoms. The molecule has 0 unspecified atom stereocenters. The van der Waals surface area contributed by atoms with Crippen molar-refractivity contribution in [3.8, 4) is 6.01 Å². The van der Waals surface area contributed by atoms with Crippen LogP contribution in [0.1, 0.15) is 57.2 Å². The fourth-order valence-electron chi connectivity index (χ4n) is 3.37. The topological polar surface area (TPSA) is 93.4 Å². The highest BCUT2D eigenvalue weighted by molar-refractivity contribution is 5.91. The molecule has 3 rings (SSSR count). The molecule has 7 nitrogen and oxygen atoms in total. The van der Waals surface area contributed by atoms with Crippen LogP contribution in [0.25, 0.3) is 0 Å². The average molecular weight is 412 g/mol. The maximum absolute atomic E-state index is 12.4. The highest BCUT2D eigenvalue weighted by Gasteiger charge is 2.27. The fraction of sp³-hybridized carbons (Fsp3) is 0.522. The Kier molecular flexibility index (Phi) is 6.92. The summed E-state index contributed by atoms with van der Waals surface area (Å²) in [4.78, 5) is 23.2. The van der Waals surface area contributed by atoms with Gasteiger partial charge < -0.3 is 20.7 Å². The van der Waals surface area contributed by atoms with Crippen LogP contribution >= 0.6 is 0 Å². The minimum absolute atomic E-state index is 0.0524. The lowest BCUT2D eigenvalue weighted by Gasteiger charge is -2.30. The van der Waals surface area contributed by atoms with Gasteiger partial charge in [-0.15, -0.1) is 0 Å². The fourth-order valence-corrected chi connectivity index (χ4v) is 3.37. The maximum atomic E-state index is 12.4. The van der Waals surface area contributed by atoms with Gasteiger partial charge in [0, 0.05) is 30.6 Å². The summed E-state index contributed by atoms with van der Waals surface area (Å²) < 4.78 is 5.68. The smallest absolute Gasteiger partial charge is 0.320 e. The first-order chi connectivity index (χ1) is 14.2. The van der Waals surface area contributed by atoms with Crippen LogP contribution in [0.15, 0.2) is 24.3 Å². The third-order valence-corrected chi connectivity index (χ3v) is 4.95. The molecule has 1 aromatic heterocycles. The number of nitrogen functional groups attached to an aromatic ring is 1. The average Bonchev–Trinajstić information content (AvgIpc) is 2.67. The lowest BCUT2D eigenvalue weighted by Crippen LogP contribution is -2.37. The Morgan fingerprint density at radius 3 is 2.73 bits per heavy atom. The van der Waals surface area contributed by atoms with Crippen LogP contribution in [0, 0.1) is 0 Å². The molecule has 0 fully saturated rings. The zero-order valence-corrected chi connectivity index (χ0v) is 18.5. The first-order valence-electron chi connectivity index (χ1n) is 10.6. The molecule has 0 spiro atoms. The van der Waals surface area contributed by atoms with Gasteiger partial charge in [0.2, 0.25) is 0 Å². The number of ether oxygens (including phenoxy) is 1. The lowest BCUT2D eigenvalue weighted by atomic mass is 10.0. The maximum Gasteiger partial charge on any atom is 0.320 e. The molecule has 1 aliphatic rings. The minimum atomic E-state index is 0.0524. The summed E-state index contributed by atoms with van der Waals surface area (Å²) in [5.41, 5.74) is 9.22. The largest absolute Gasteiger partial charge is 0.463 e. The monoisotopic (exact) mass is 411 g/mol. The molecule has 2 aromatic rings. The molecule has 0 saturated heterocycles. The van der Waals surface area contributed by atoms with E-state index in [1.807, 2.05) is 4.90 Å². The normalized spacial score (nSPS) is 14.0. The Morgan fingerprint density at radius 2 is 2.00 bits per heavy atom. The summed E-state index contributed by atoms with van der Waals surface area (Å²) in [5.74, 6) is 1.14. The van der Waals surface area contributed by atoms with Crippen molar-refractivity contribution in [1.82, 2.24) is 15.3 Å². The van der Waals surface area contributed by atoms with Crippen molar-refractivity contribution < 1.29 is 9.53 Å². The van der Waals surface area contributed by atoms with E-state index in [4.69, 9.17) is 10.5 Å². The number of aromatic nitrogens is 2. The molecule has 1 aromatic carbocycles. The van der Waals surface area contributed by atoms with Crippen molar-refractivity contribution in [3.05, 3.63) is 41.0 Å². The molecule has 162 valence electrons. The molecule has 0 radical (unpaired) electrons. The number of hydrogen-bond acceptors (Lipinski definition) is 7. The zero-order valence-electron chi connectivity index (χ0n) is 18.5. The number of nitrogens with zero attached hydrogens (tertiary/aromatic N) is 3. The number of carbonyl (C=O) groups is 1. The number of nitrogens with two attached hydrogens (primary N) is 1. The highest BCUT2D eigenvalue weighted by atomic mass is 16.5. The minimum Gasteiger partial charge on any atom is -0.463 e. The number of benzene rings is 1. The second kappa shape index (κ2) is 9.43. The molecule has 7 heteroatoms. The lowest BCUT2D eigenvalue weighted by molar-refractivity contribution is -0.117. The van der Waals surface area contributed by atoms with Gasteiger partial charge in [-0.25, -0.2) is 0 Å². The predicted molar refractivity (Wildman–Crippen MR) is 120 cm³/mol. The van der Waals surface area contributed by atoms with E-state index in [2.05, 4.69) is 67.2 Å². The summed E-state index contributed by atoms with van der Waals surface area (Å²) in [7, 11) is 0. The van der Waals surface area contributed by atoms with E-state index in [9.17, 15) is 4.79 Å². The van der Waals surface area contributed by atoms with Crippen molar-refractivity contribution in [2.45, 2.75) is 65.6 Å². The molecule has 30 heavy (non-hydrogen) atoms. The van der Waals surface area contributed by atoms with Crippen molar-refractivity contribution in [1.29, 1.82) is 0 Å². The number of nitrogens with one attached hydrogen (secondary N) is 1. The molecule has 1 aliphatic heterocycles. The second-order valence-corrected chi connectivity index (χ2v) is 8.89. The Bertz CT molecular complexity index is 892.